The van der Waals surface area contributed by atoms with Crippen LogP contribution in [0.25, 0.3) is 0 Å². The lowest BCUT2D eigenvalue weighted by atomic mass is 9.81. The molecule has 6 atom stereocenters. The van der Waals surface area contributed by atoms with Gasteiger partial charge in [-0.15, -0.1) is 0 Å². The van der Waals surface area contributed by atoms with E-state index in [1.165, 1.54) is 6.42 Å². The van der Waals surface area contributed by atoms with Gasteiger partial charge in [-0.1, -0.05) is 31.9 Å². The Morgan fingerprint density at radius 2 is 1.80 bits per heavy atom. The third-order valence-corrected chi connectivity index (χ3v) is 5.33. The number of fused-ring (bicyclic) bond motifs is 2. The molecule has 3 rings (SSSR count). The van der Waals surface area contributed by atoms with E-state index in [4.69, 9.17) is 0 Å². The predicted octanol–water partition coefficient (Wildman–Crippen LogP) is 2.20. The molecule has 1 amide bonds. The van der Waals surface area contributed by atoms with E-state index in [0.717, 1.165) is 25.7 Å². The fraction of sp³-hybridized carbons (Fsp3) is 0.750. The molecule has 0 aromatic heterocycles. The predicted molar refractivity (Wildman–Crippen MR) is 74.9 cm³/mol. The molecular formula is C16H23NO3. The summed E-state index contributed by atoms with van der Waals surface area (Å²) in [5, 5.41) is 12.5. The van der Waals surface area contributed by atoms with Gasteiger partial charge in [-0.2, -0.15) is 0 Å². The molecule has 2 saturated carbocycles. The fourth-order valence-electron chi connectivity index (χ4n) is 4.38. The van der Waals surface area contributed by atoms with Gasteiger partial charge in [-0.3, -0.25) is 9.59 Å². The van der Waals surface area contributed by atoms with Crippen LogP contribution in [0.5, 0.6) is 0 Å². The number of rotatable bonds is 3. The van der Waals surface area contributed by atoms with Crippen molar-refractivity contribution in [2.75, 3.05) is 0 Å². The van der Waals surface area contributed by atoms with E-state index in [9.17, 15) is 14.7 Å². The van der Waals surface area contributed by atoms with E-state index in [0.29, 0.717) is 5.92 Å². The lowest BCUT2D eigenvalue weighted by molar-refractivity contribution is -0.148. The van der Waals surface area contributed by atoms with Crippen LogP contribution in [0.3, 0.4) is 0 Å². The van der Waals surface area contributed by atoms with Gasteiger partial charge in [-0.25, -0.2) is 0 Å². The van der Waals surface area contributed by atoms with Crippen LogP contribution in [-0.2, 0) is 9.59 Å². The largest absolute Gasteiger partial charge is 0.481 e. The Labute approximate surface area is 119 Å². The number of amides is 1. The molecule has 2 N–H and O–H groups in total. The molecule has 20 heavy (non-hydrogen) atoms. The van der Waals surface area contributed by atoms with E-state index < -0.39 is 11.9 Å². The average Bonchev–Trinajstić information content (AvgIpc) is 2.98. The second-order valence-electron chi connectivity index (χ2n) is 6.82. The van der Waals surface area contributed by atoms with Gasteiger partial charge in [0.25, 0.3) is 0 Å². The third-order valence-electron chi connectivity index (χ3n) is 5.33. The van der Waals surface area contributed by atoms with E-state index in [1.807, 2.05) is 12.2 Å². The SMILES string of the molecule is CC1CCCC(NC(=O)C2C3C=CC(C3)C2C(=O)O)C1. The molecule has 4 heteroatoms. The first kappa shape index (κ1) is 13.7. The Morgan fingerprint density at radius 3 is 2.45 bits per heavy atom. The van der Waals surface area contributed by atoms with Gasteiger partial charge in [0.2, 0.25) is 5.91 Å². The highest BCUT2D eigenvalue weighted by atomic mass is 16.4. The Balaban J connectivity index is 1.67. The second-order valence-corrected chi connectivity index (χ2v) is 6.82. The first-order valence-electron chi connectivity index (χ1n) is 7.77. The maximum atomic E-state index is 12.5. The Kier molecular flexibility index (Phi) is 3.57. The van der Waals surface area contributed by atoms with E-state index in [2.05, 4.69) is 12.2 Å². The summed E-state index contributed by atoms with van der Waals surface area (Å²) in [6.45, 7) is 2.22. The fourth-order valence-corrected chi connectivity index (χ4v) is 4.38. The number of carbonyl (C=O) groups is 2. The highest BCUT2D eigenvalue weighted by molar-refractivity contribution is 5.87. The molecule has 0 radical (unpaired) electrons. The minimum Gasteiger partial charge on any atom is -0.481 e. The second kappa shape index (κ2) is 5.23. The molecule has 3 aliphatic carbocycles. The molecule has 3 aliphatic rings. The number of hydrogen-bond donors (Lipinski definition) is 2. The van der Waals surface area contributed by atoms with Crippen LogP contribution in [0.2, 0.25) is 0 Å². The minimum absolute atomic E-state index is 0.0339. The molecule has 0 heterocycles. The Bertz CT molecular complexity index is 445. The lowest BCUT2D eigenvalue weighted by Crippen LogP contribution is -2.45. The van der Waals surface area contributed by atoms with Gasteiger partial charge in [0.05, 0.1) is 11.8 Å². The van der Waals surface area contributed by atoms with Crippen LogP contribution in [0.4, 0.5) is 0 Å². The topological polar surface area (TPSA) is 66.4 Å². The molecule has 4 nitrogen and oxygen atoms in total. The highest BCUT2D eigenvalue weighted by Gasteiger charge is 2.51. The zero-order valence-corrected chi connectivity index (χ0v) is 11.9. The summed E-state index contributed by atoms with van der Waals surface area (Å²) in [4.78, 5) is 24.0. The van der Waals surface area contributed by atoms with Crippen molar-refractivity contribution in [1.82, 2.24) is 5.32 Å². The first-order valence-corrected chi connectivity index (χ1v) is 7.77. The summed E-state index contributed by atoms with van der Waals surface area (Å²) < 4.78 is 0. The van der Waals surface area contributed by atoms with Gasteiger partial charge in [0.15, 0.2) is 0 Å². The van der Waals surface area contributed by atoms with Crippen molar-refractivity contribution in [2.24, 2.45) is 29.6 Å². The summed E-state index contributed by atoms with van der Waals surface area (Å²) in [7, 11) is 0. The van der Waals surface area contributed by atoms with Crippen LogP contribution >= 0.6 is 0 Å². The van der Waals surface area contributed by atoms with E-state index in [-0.39, 0.29) is 29.7 Å². The Morgan fingerprint density at radius 1 is 1.10 bits per heavy atom. The van der Waals surface area contributed by atoms with Gasteiger partial charge in [0, 0.05) is 6.04 Å². The molecule has 0 aromatic carbocycles. The minimum atomic E-state index is -0.820. The molecule has 0 spiro atoms. The number of carboxylic acid groups (broad SMARTS) is 1. The first-order chi connectivity index (χ1) is 9.56. The van der Waals surface area contributed by atoms with E-state index in [1.54, 1.807) is 0 Å². The summed E-state index contributed by atoms with van der Waals surface area (Å²) in [6, 6.07) is 0.240. The summed E-state index contributed by atoms with van der Waals surface area (Å²) in [6.07, 6.45) is 9.31. The smallest absolute Gasteiger partial charge is 0.307 e. The lowest BCUT2D eigenvalue weighted by Gasteiger charge is -2.30. The van der Waals surface area contributed by atoms with Crippen molar-refractivity contribution in [3.63, 3.8) is 0 Å². The molecule has 0 saturated heterocycles. The highest BCUT2D eigenvalue weighted by Crippen LogP contribution is 2.48. The number of aliphatic carboxylic acids is 1. The number of hydrogen-bond acceptors (Lipinski definition) is 2. The molecule has 110 valence electrons. The molecule has 0 aromatic rings. The molecule has 2 bridgehead atoms. The van der Waals surface area contributed by atoms with Gasteiger partial charge in [0.1, 0.15) is 0 Å². The van der Waals surface area contributed by atoms with Crippen LogP contribution in [0.15, 0.2) is 12.2 Å². The van der Waals surface area contributed by atoms with E-state index >= 15 is 0 Å². The van der Waals surface area contributed by atoms with Crippen molar-refractivity contribution in [3.8, 4) is 0 Å². The van der Waals surface area contributed by atoms with Crippen molar-refractivity contribution in [2.45, 2.75) is 45.1 Å². The van der Waals surface area contributed by atoms with Gasteiger partial charge in [-0.05, 0) is 37.0 Å². The van der Waals surface area contributed by atoms with Crippen LogP contribution in [0.1, 0.15) is 39.0 Å². The van der Waals surface area contributed by atoms with Crippen molar-refractivity contribution < 1.29 is 14.7 Å². The zero-order chi connectivity index (χ0) is 14.3. The standard InChI is InChI=1S/C16H23NO3/c1-9-3-2-4-12(7-9)17-15(18)13-10-5-6-11(8-10)14(13)16(19)20/h5-6,9-14H,2-4,7-8H2,1H3,(H,17,18)(H,19,20). The van der Waals surface area contributed by atoms with Crippen molar-refractivity contribution >= 4 is 11.9 Å². The molecule has 6 unspecified atom stereocenters. The Hall–Kier alpha value is -1.32. The van der Waals surface area contributed by atoms with Crippen LogP contribution < -0.4 is 5.32 Å². The molecule has 2 fully saturated rings. The normalized spacial score (nSPS) is 42.6. The summed E-state index contributed by atoms with van der Waals surface area (Å²) in [5.74, 6) is -0.900. The number of carbonyl (C=O) groups excluding carboxylic acids is 1. The maximum Gasteiger partial charge on any atom is 0.307 e. The number of carboxylic acids is 1. The quantitative estimate of drug-likeness (QED) is 0.777. The van der Waals surface area contributed by atoms with Gasteiger partial charge >= 0.3 is 5.97 Å². The average molecular weight is 277 g/mol. The van der Waals surface area contributed by atoms with Crippen LogP contribution in [-0.4, -0.2) is 23.0 Å². The van der Waals surface area contributed by atoms with Crippen molar-refractivity contribution in [1.29, 1.82) is 0 Å². The summed E-state index contributed by atoms with van der Waals surface area (Å²) >= 11 is 0. The third kappa shape index (κ3) is 2.36. The van der Waals surface area contributed by atoms with Crippen LogP contribution in [0, 0.1) is 29.6 Å². The van der Waals surface area contributed by atoms with Crippen molar-refractivity contribution in [3.05, 3.63) is 12.2 Å². The zero-order valence-electron chi connectivity index (χ0n) is 11.9. The molecule has 0 aliphatic heterocycles. The monoisotopic (exact) mass is 277 g/mol. The molecular weight excluding hydrogens is 254 g/mol. The van der Waals surface area contributed by atoms with Gasteiger partial charge < -0.3 is 10.4 Å². The summed E-state index contributed by atoms with van der Waals surface area (Å²) in [5.41, 5.74) is 0. The number of nitrogens with one attached hydrogen (secondary N) is 1. The number of allylic oxidation sites excluding steroid dienone is 2. The maximum absolute atomic E-state index is 12.5.